The molecule has 0 aromatic heterocycles. The van der Waals surface area contributed by atoms with Gasteiger partial charge in [-0.15, -0.1) is 0 Å². The Labute approximate surface area is 97.0 Å². The largest absolute Gasteiger partial charge is 0.494 e. The van der Waals surface area contributed by atoms with Crippen LogP contribution in [0.25, 0.3) is 0 Å². The van der Waals surface area contributed by atoms with E-state index in [2.05, 4.69) is 23.5 Å². The van der Waals surface area contributed by atoms with Gasteiger partial charge in [0.05, 0.1) is 6.61 Å². The van der Waals surface area contributed by atoms with Crippen LogP contribution in [-0.4, -0.2) is 12.6 Å². The molecular formula is C14H19NO. The molecule has 86 valence electrons. The lowest BCUT2D eigenvalue weighted by molar-refractivity contribution is 0.339. The predicted octanol–water partition coefficient (Wildman–Crippen LogP) is 3.22. The fourth-order valence-electron chi connectivity index (χ4n) is 2.61. The Morgan fingerprint density at radius 3 is 2.94 bits per heavy atom. The summed E-state index contributed by atoms with van der Waals surface area (Å²) >= 11 is 0. The van der Waals surface area contributed by atoms with E-state index in [1.165, 1.54) is 36.9 Å². The van der Waals surface area contributed by atoms with Crippen molar-refractivity contribution in [3.8, 4) is 5.75 Å². The summed E-state index contributed by atoms with van der Waals surface area (Å²) in [5.74, 6) is 1.95. The molecule has 0 amide bonds. The standard InChI is InChI=1S/C14H19NO/c1-2-16-12-6-8-14-11(9-12)5-7-13(15-14)10-3-4-10/h6,8-10,13,15H,2-5,7H2,1H3. The van der Waals surface area contributed by atoms with Crippen LogP contribution in [0.5, 0.6) is 5.75 Å². The summed E-state index contributed by atoms with van der Waals surface area (Å²) in [5, 5.41) is 3.67. The van der Waals surface area contributed by atoms with Crippen molar-refractivity contribution in [3.63, 3.8) is 0 Å². The molecule has 1 heterocycles. The number of rotatable bonds is 3. The zero-order valence-corrected chi connectivity index (χ0v) is 9.83. The molecule has 2 nitrogen and oxygen atoms in total. The number of anilines is 1. The lowest BCUT2D eigenvalue weighted by Gasteiger charge is -2.27. The van der Waals surface area contributed by atoms with Gasteiger partial charge in [-0.25, -0.2) is 0 Å². The van der Waals surface area contributed by atoms with E-state index in [0.717, 1.165) is 24.3 Å². The molecule has 0 bridgehead atoms. The van der Waals surface area contributed by atoms with Crippen LogP contribution in [0.3, 0.4) is 0 Å². The number of fused-ring (bicyclic) bond motifs is 1. The highest BCUT2D eigenvalue weighted by molar-refractivity contribution is 5.56. The number of aryl methyl sites for hydroxylation is 1. The summed E-state index contributed by atoms with van der Waals surface area (Å²) in [6.45, 7) is 2.78. The van der Waals surface area contributed by atoms with E-state index in [9.17, 15) is 0 Å². The van der Waals surface area contributed by atoms with Crippen LogP contribution in [0.1, 0.15) is 31.7 Å². The maximum atomic E-state index is 5.53. The molecule has 0 spiro atoms. The number of benzene rings is 1. The molecule has 1 saturated carbocycles. The third-order valence-corrected chi connectivity index (χ3v) is 3.64. The number of nitrogens with one attached hydrogen (secondary N) is 1. The molecule has 1 aliphatic heterocycles. The molecule has 1 aromatic rings. The molecule has 1 N–H and O–H groups in total. The van der Waals surface area contributed by atoms with Crippen LogP contribution in [0, 0.1) is 5.92 Å². The SMILES string of the molecule is CCOc1ccc2c(c1)CCC(C1CC1)N2. The lowest BCUT2D eigenvalue weighted by atomic mass is 9.95. The van der Waals surface area contributed by atoms with Gasteiger partial charge in [0.1, 0.15) is 5.75 Å². The van der Waals surface area contributed by atoms with E-state index < -0.39 is 0 Å². The molecular weight excluding hydrogens is 198 g/mol. The van der Waals surface area contributed by atoms with Gasteiger partial charge in [0.15, 0.2) is 0 Å². The Morgan fingerprint density at radius 2 is 2.19 bits per heavy atom. The van der Waals surface area contributed by atoms with Gasteiger partial charge < -0.3 is 10.1 Å². The van der Waals surface area contributed by atoms with Gasteiger partial charge in [-0.1, -0.05) is 0 Å². The Morgan fingerprint density at radius 1 is 1.31 bits per heavy atom. The van der Waals surface area contributed by atoms with Gasteiger partial charge in [-0.05, 0) is 62.3 Å². The monoisotopic (exact) mass is 217 g/mol. The molecule has 1 aromatic carbocycles. The minimum atomic E-state index is 0.727. The topological polar surface area (TPSA) is 21.3 Å². The second-order valence-corrected chi connectivity index (χ2v) is 4.88. The molecule has 1 atom stereocenters. The number of hydrogen-bond acceptors (Lipinski definition) is 2. The van der Waals surface area contributed by atoms with Gasteiger partial charge in [0.2, 0.25) is 0 Å². The molecule has 1 unspecified atom stereocenters. The Hall–Kier alpha value is -1.18. The van der Waals surface area contributed by atoms with Crippen LogP contribution in [0.15, 0.2) is 18.2 Å². The first-order valence-corrected chi connectivity index (χ1v) is 6.39. The average Bonchev–Trinajstić information content (AvgIpc) is 3.13. The molecule has 2 heteroatoms. The van der Waals surface area contributed by atoms with Crippen LogP contribution in [-0.2, 0) is 6.42 Å². The second-order valence-electron chi connectivity index (χ2n) is 4.88. The first-order chi connectivity index (χ1) is 7.86. The van der Waals surface area contributed by atoms with Crippen molar-refractivity contribution in [3.05, 3.63) is 23.8 Å². The summed E-state index contributed by atoms with van der Waals surface area (Å²) in [6, 6.07) is 7.17. The summed E-state index contributed by atoms with van der Waals surface area (Å²) in [7, 11) is 0. The minimum Gasteiger partial charge on any atom is -0.494 e. The van der Waals surface area contributed by atoms with Crippen molar-refractivity contribution in [1.82, 2.24) is 0 Å². The normalized spacial score (nSPS) is 23.4. The Bertz CT molecular complexity index is 384. The summed E-state index contributed by atoms with van der Waals surface area (Å²) < 4.78 is 5.53. The van der Waals surface area contributed by atoms with Crippen LogP contribution >= 0.6 is 0 Å². The molecule has 0 saturated heterocycles. The molecule has 3 rings (SSSR count). The molecule has 2 aliphatic rings. The fraction of sp³-hybridized carbons (Fsp3) is 0.571. The van der Waals surface area contributed by atoms with Gasteiger partial charge >= 0.3 is 0 Å². The maximum Gasteiger partial charge on any atom is 0.119 e. The van der Waals surface area contributed by atoms with E-state index in [-0.39, 0.29) is 0 Å². The molecule has 16 heavy (non-hydrogen) atoms. The number of ether oxygens (including phenoxy) is 1. The smallest absolute Gasteiger partial charge is 0.119 e. The third-order valence-electron chi connectivity index (χ3n) is 3.64. The van der Waals surface area contributed by atoms with Crippen molar-refractivity contribution in [2.75, 3.05) is 11.9 Å². The van der Waals surface area contributed by atoms with Gasteiger partial charge in [0, 0.05) is 11.7 Å². The van der Waals surface area contributed by atoms with Crippen molar-refractivity contribution >= 4 is 5.69 Å². The maximum absolute atomic E-state index is 5.53. The fourth-order valence-corrected chi connectivity index (χ4v) is 2.61. The van der Waals surface area contributed by atoms with Crippen molar-refractivity contribution in [2.45, 2.75) is 38.6 Å². The van der Waals surface area contributed by atoms with Crippen molar-refractivity contribution in [2.24, 2.45) is 5.92 Å². The van der Waals surface area contributed by atoms with E-state index >= 15 is 0 Å². The van der Waals surface area contributed by atoms with Crippen molar-refractivity contribution < 1.29 is 4.74 Å². The number of hydrogen-bond donors (Lipinski definition) is 1. The molecule has 1 fully saturated rings. The van der Waals surface area contributed by atoms with Gasteiger partial charge in [0.25, 0.3) is 0 Å². The zero-order chi connectivity index (χ0) is 11.0. The van der Waals surface area contributed by atoms with Crippen LogP contribution < -0.4 is 10.1 Å². The zero-order valence-electron chi connectivity index (χ0n) is 9.83. The molecule has 0 radical (unpaired) electrons. The average molecular weight is 217 g/mol. The minimum absolute atomic E-state index is 0.727. The third kappa shape index (κ3) is 1.89. The Balaban J connectivity index is 1.78. The highest BCUT2D eigenvalue weighted by Crippen LogP contribution is 2.39. The van der Waals surface area contributed by atoms with Gasteiger partial charge in [-0.3, -0.25) is 0 Å². The first-order valence-electron chi connectivity index (χ1n) is 6.39. The van der Waals surface area contributed by atoms with Crippen molar-refractivity contribution in [1.29, 1.82) is 0 Å². The van der Waals surface area contributed by atoms with E-state index in [1.807, 2.05) is 6.92 Å². The summed E-state index contributed by atoms with van der Waals surface area (Å²) in [6.07, 6.45) is 5.33. The second kappa shape index (κ2) is 4.00. The van der Waals surface area contributed by atoms with Crippen LogP contribution in [0.2, 0.25) is 0 Å². The van der Waals surface area contributed by atoms with E-state index in [4.69, 9.17) is 4.74 Å². The summed E-state index contributed by atoms with van der Waals surface area (Å²) in [5.41, 5.74) is 2.74. The van der Waals surface area contributed by atoms with Crippen LogP contribution in [0.4, 0.5) is 5.69 Å². The first kappa shape index (κ1) is 10.0. The summed E-state index contributed by atoms with van der Waals surface area (Å²) in [4.78, 5) is 0. The van der Waals surface area contributed by atoms with E-state index in [0.29, 0.717) is 0 Å². The quantitative estimate of drug-likeness (QED) is 0.839. The van der Waals surface area contributed by atoms with E-state index in [1.54, 1.807) is 0 Å². The Kier molecular flexibility index (Phi) is 2.50. The highest BCUT2D eigenvalue weighted by atomic mass is 16.5. The predicted molar refractivity (Wildman–Crippen MR) is 66.1 cm³/mol. The highest BCUT2D eigenvalue weighted by Gasteiger charge is 2.33. The van der Waals surface area contributed by atoms with Gasteiger partial charge in [-0.2, -0.15) is 0 Å². The molecule has 1 aliphatic carbocycles. The lowest BCUT2D eigenvalue weighted by Crippen LogP contribution is -2.27.